The summed E-state index contributed by atoms with van der Waals surface area (Å²) < 4.78 is 0. The molecule has 1 heterocycles. The van der Waals surface area contributed by atoms with Crippen LogP contribution in [0.4, 0.5) is 0 Å². The Hall–Kier alpha value is -0.500. The number of aliphatic imine (C=N–C) groups is 1. The highest BCUT2D eigenvalue weighted by Crippen LogP contribution is 2.13. The van der Waals surface area contributed by atoms with Crippen LogP contribution in [0, 0.1) is 5.92 Å². The molecule has 0 radical (unpaired) electrons. The van der Waals surface area contributed by atoms with Gasteiger partial charge in [-0.05, 0) is 18.4 Å². The van der Waals surface area contributed by atoms with Gasteiger partial charge < -0.3 is 5.73 Å². The molecule has 1 aliphatic heterocycles. The number of hydrogen-bond acceptors (Lipinski definition) is 2. The molecule has 0 spiro atoms. The molecule has 0 saturated heterocycles. The Morgan fingerprint density at radius 2 is 2.50 bits per heavy atom. The second-order valence-electron chi connectivity index (χ2n) is 2.54. The molecule has 2 N–H and O–H groups in total. The number of allylic oxidation sites excluding steroid dienone is 2. The summed E-state index contributed by atoms with van der Waals surface area (Å²) in [6, 6.07) is 0. The van der Waals surface area contributed by atoms with E-state index in [1.165, 1.54) is 0 Å². The smallest absolute Gasteiger partial charge is 0.125 e. The molecule has 0 aromatic heterocycles. The van der Waals surface area contributed by atoms with Crippen molar-refractivity contribution in [2.45, 2.75) is 13.3 Å². The van der Waals surface area contributed by atoms with E-state index in [1.54, 1.807) is 6.08 Å². The van der Waals surface area contributed by atoms with Crippen molar-refractivity contribution in [2.24, 2.45) is 16.6 Å². The molecular weight excluding hydrogens is 148 g/mol. The van der Waals surface area contributed by atoms with Gasteiger partial charge in [-0.1, -0.05) is 18.5 Å². The topological polar surface area (TPSA) is 38.4 Å². The van der Waals surface area contributed by atoms with Gasteiger partial charge in [-0.15, -0.1) is 0 Å². The predicted octanol–water partition coefficient (Wildman–Crippen LogP) is 1.51. The Bertz CT molecular complexity index is 184. The average Bonchev–Trinajstić information content (AvgIpc) is 1.96. The van der Waals surface area contributed by atoms with Crippen LogP contribution in [-0.2, 0) is 0 Å². The Morgan fingerprint density at radius 3 is 3.20 bits per heavy atom. The zero-order chi connectivity index (χ0) is 7.56. The highest BCUT2D eigenvalue weighted by Gasteiger charge is 2.08. The van der Waals surface area contributed by atoms with E-state index in [0.29, 0.717) is 11.1 Å². The summed E-state index contributed by atoms with van der Waals surface area (Å²) in [5.41, 5.74) is 6.50. The molecule has 1 unspecified atom stereocenters. The third-order valence-electron chi connectivity index (χ3n) is 1.68. The lowest BCUT2D eigenvalue weighted by molar-refractivity contribution is 0.623. The van der Waals surface area contributed by atoms with Crippen LogP contribution in [0.5, 0.6) is 0 Å². The van der Waals surface area contributed by atoms with Crippen LogP contribution in [0.3, 0.4) is 0 Å². The van der Waals surface area contributed by atoms with Gasteiger partial charge in [0, 0.05) is 12.2 Å². The standard InChI is InChI=1S/C7H11ClN2/c1-5-2-3-10-7(8)4-6(5)9/h4-5H,2-3,9H2,1H3. The van der Waals surface area contributed by atoms with Gasteiger partial charge >= 0.3 is 0 Å². The number of nitrogens with two attached hydrogens (primary N) is 1. The van der Waals surface area contributed by atoms with Crippen molar-refractivity contribution < 1.29 is 0 Å². The van der Waals surface area contributed by atoms with Gasteiger partial charge in [-0.3, -0.25) is 4.99 Å². The highest BCUT2D eigenvalue weighted by molar-refractivity contribution is 6.68. The van der Waals surface area contributed by atoms with Gasteiger partial charge in [0.15, 0.2) is 0 Å². The lowest BCUT2D eigenvalue weighted by Gasteiger charge is -2.06. The molecule has 0 aromatic rings. The van der Waals surface area contributed by atoms with Crippen molar-refractivity contribution in [3.8, 4) is 0 Å². The second-order valence-corrected chi connectivity index (χ2v) is 2.93. The third-order valence-corrected chi connectivity index (χ3v) is 1.91. The number of halogens is 1. The molecule has 0 bridgehead atoms. The summed E-state index contributed by atoms with van der Waals surface area (Å²) in [4.78, 5) is 4.05. The number of hydrogen-bond donors (Lipinski definition) is 1. The van der Waals surface area contributed by atoms with E-state index in [4.69, 9.17) is 17.3 Å². The molecule has 56 valence electrons. The minimum Gasteiger partial charge on any atom is -0.402 e. The Balaban J connectivity index is 2.75. The molecule has 3 heteroatoms. The molecule has 1 aliphatic rings. The fraction of sp³-hybridized carbons (Fsp3) is 0.571. The van der Waals surface area contributed by atoms with E-state index in [9.17, 15) is 0 Å². The Labute approximate surface area is 65.8 Å². The third kappa shape index (κ3) is 1.74. The summed E-state index contributed by atoms with van der Waals surface area (Å²) in [6.45, 7) is 2.87. The summed E-state index contributed by atoms with van der Waals surface area (Å²) in [6.07, 6.45) is 2.73. The molecule has 1 rings (SSSR count). The van der Waals surface area contributed by atoms with Crippen molar-refractivity contribution in [1.29, 1.82) is 0 Å². The average molecular weight is 159 g/mol. The first kappa shape index (κ1) is 7.61. The van der Waals surface area contributed by atoms with Gasteiger partial charge in [-0.2, -0.15) is 0 Å². The lowest BCUT2D eigenvalue weighted by atomic mass is 10.1. The van der Waals surface area contributed by atoms with E-state index in [0.717, 1.165) is 18.7 Å². The van der Waals surface area contributed by atoms with Crippen molar-refractivity contribution >= 4 is 16.8 Å². The molecule has 0 amide bonds. The fourth-order valence-corrected chi connectivity index (χ4v) is 1.07. The summed E-state index contributed by atoms with van der Waals surface area (Å²) >= 11 is 5.67. The van der Waals surface area contributed by atoms with Crippen molar-refractivity contribution in [3.05, 3.63) is 11.8 Å². The Morgan fingerprint density at radius 1 is 1.80 bits per heavy atom. The van der Waals surface area contributed by atoms with Gasteiger partial charge in [0.1, 0.15) is 5.17 Å². The molecule has 10 heavy (non-hydrogen) atoms. The van der Waals surface area contributed by atoms with Crippen molar-refractivity contribution in [2.75, 3.05) is 6.54 Å². The zero-order valence-corrected chi connectivity index (χ0v) is 6.73. The van der Waals surface area contributed by atoms with E-state index in [1.807, 2.05) is 0 Å². The molecule has 0 aliphatic carbocycles. The number of nitrogens with zero attached hydrogens (tertiary/aromatic N) is 1. The van der Waals surface area contributed by atoms with Gasteiger partial charge in [0.2, 0.25) is 0 Å². The monoisotopic (exact) mass is 158 g/mol. The van der Waals surface area contributed by atoms with Gasteiger partial charge in [0.05, 0.1) is 0 Å². The van der Waals surface area contributed by atoms with Gasteiger partial charge in [0.25, 0.3) is 0 Å². The van der Waals surface area contributed by atoms with Gasteiger partial charge in [-0.25, -0.2) is 0 Å². The van der Waals surface area contributed by atoms with Crippen LogP contribution in [0.25, 0.3) is 0 Å². The van der Waals surface area contributed by atoms with Crippen LogP contribution in [0.1, 0.15) is 13.3 Å². The summed E-state index contributed by atoms with van der Waals surface area (Å²) in [7, 11) is 0. The highest BCUT2D eigenvalue weighted by atomic mass is 35.5. The zero-order valence-electron chi connectivity index (χ0n) is 5.97. The predicted molar refractivity (Wildman–Crippen MR) is 44.2 cm³/mol. The number of rotatable bonds is 0. The SMILES string of the molecule is CC1CCN=C(Cl)C=C1N. The molecule has 0 aromatic carbocycles. The maximum absolute atomic E-state index is 5.67. The first-order chi connectivity index (χ1) is 4.70. The lowest BCUT2D eigenvalue weighted by Crippen LogP contribution is -2.08. The van der Waals surface area contributed by atoms with Crippen molar-refractivity contribution in [3.63, 3.8) is 0 Å². The second kappa shape index (κ2) is 3.06. The maximum atomic E-state index is 5.67. The van der Waals surface area contributed by atoms with Crippen molar-refractivity contribution in [1.82, 2.24) is 0 Å². The van der Waals surface area contributed by atoms with Crippen LogP contribution in [0.15, 0.2) is 16.8 Å². The molecular formula is C7H11ClN2. The first-order valence-corrected chi connectivity index (χ1v) is 3.75. The van der Waals surface area contributed by atoms with Crippen LogP contribution < -0.4 is 5.73 Å². The largest absolute Gasteiger partial charge is 0.402 e. The fourth-order valence-electron chi connectivity index (χ4n) is 0.857. The molecule has 2 nitrogen and oxygen atoms in total. The Kier molecular flexibility index (Phi) is 2.33. The normalized spacial score (nSPS) is 26.8. The van der Waals surface area contributed by atoms with Crippen LogP contribution in [-0.4, -0.2) is 11.7 Å². The van der Waals surface area contributed by atoms with E-state index < -0.39 is 0 Å². The maximum Gasteiger partial charge on any atom is 0.125 e. The summed E-state index contributed by atoms with van der Waals surface area (Å²) in [5.74, 6) is 0.417. The van der Waals surface area contributed by atoms with Crippen LogP contribution >= 0.6 is 11.6 Å². The molecule has 0 saturated carbocycles. The minimum atomic E-state index is 0.417. The summed E-state index contributed by atoms with van der Waals surface area (Å²) in [5, 5.41) is 0.529. The van der Waals surface area contributed by atoms with E-state index in [-0.39, 0.29) is 0 Å². The van der Waals surface area contributed by atoms with Crippen LogP contribution in [0.2, 0.25) is 0 Å². The van der Waals surface area contributed by atoms with E-state index >= 15 is 0 Å². The van der Waals surface area contributed by atoms with E-state index in [2.05, 4.69) is 11.9 Å². The first-order valence-electron chi connectivity index (χ1n) is 3.37. The minimum absolute atomic E-state index is 0.417. The quantitative estimate of drug-likeness (QED) is 0.570. The molecule has 1 atom stereocenters. The molecule has 0 fully saturated rings.